The smallest absolute Gasteiger partial charge is 0.0991 e. The van der Waals surface area contributed by atoms with Gasteiger partial charge in [0.15, 0.2) is 0 Å². The number of rotatable bonds is 7. The lowest BCUT2D eigenvalue weighted by molar-refractivity contribution is 0.683. The van der Waals surface area contributed by atoms with E-state index in [-0.39, 0.29) is 0 Å². The van der Waals surface area contributed by atoms with Crippen molar-refractivity contribution < 1.29 is 4.21 Å². The fourth-order valence-corrected chi connectivity index (χ4v) is 16.7. The molecule has 0 spiro atoms. The molecule has 6 aromatic heterocycles. The number of aromatic nitrogens is 6. The Kier molecular flexibility index (Phi) is 12.2. The van der Waals surface area contributed by atoms with Gasteiger partial charge >= 0.3 is 0 Å². The summed E-state index contributed by atoms with van der Waals surface area (Å²) < 4.78 is 30.2. The van der Waals surface area contributed by atoms with Crippen molar-refractivity contribution in [2.24, 2.45) is 7.05 Å². The van der Waals surface area contributed by atoms with Crippen molar-refractivity contribution in [2.75, 3.05) is 0 Å². The maximum Gasteiger partial charge on any atom is 0.0991 e. The van der Waals surface area contributed by atoms with Gasteiger partial charge in [-0.25, -0.2) is 4.21 Å². The van der Waals surface area contributed by atoms with E-state index in [1.807, 2.05) is 48.5 Å². The zero-order valence-electron chi connectivity index (χ0n) is 51.5. The predicted molar refractivity (Wildman–Crippen MR) is 394 cm³/mol. The second kappa shape index (κ2) is 21.3. The van der Waals surface area contributed by atoms with Gasteiger partial charge in [-0.15, -0.1) is 0 Å². The number of nitrogens with zero attached hydrogens (tertiary/aromatic N) is 7. The van der Waals surface area contributed by atoms with Crippen molar-refractivity contribution >= 4 is 142 Å². The van der Waals surface area contributed by atoms with E-state index < -0.39 is 10.8 Å². The standard InChI is InChI=1S/C80H49N7OS.C6H6/c1-82-61-29-15-11-25-57(61)73-65(82)37-38-69-77(73)78-70(42-39-66-74(78)58-26-12-16-30-62(58)83(66)50-19-5-2-6-20-50)86(69)53-45-54(47-56(46-53)89(88)55-35-33-49(48-81)34-36-55)87-71-43-40-67-75(59-27-13-17-31-63(59)84(67)51-21-7-3-8-22-51)79(71)80-72(87)44-41-68-76(80)60-28-14-18-32-64(60)85(68)52-23-9-4-10-24-52;1-2-4-6-5-3-1/h2-47H,1H3;1-6H. The number of fused-ring (bicyclic) bond motifs is 22. The van der Waals surface area contributed by atoms with Crippen LogP contribution in [0.25, 0.3) is 159 Å². The second-order valence-corrected chi connectivity index (χ2v) is 26.0. The Morgan fingerprint density at radius 1 is 0.253 bits per heavy atom. The van der Waals surface area contributed by atoms with Crippen LogP contribution in [0.3, 0.4) is 0 Å². The maximum absolute atomic E-state index is 15.8. The second-order valence-electron chi connectivity index (χ2n) is 24.5. The molecule has 0 fully saturated rings. The first kappa shape index (κ1) is 54.3. The van der Waals surface area contributed by atoms with Crippen molar-refractivity contribution in [3.8, 4) is 34.5 Å². The summed E-state index contributed by atoms with van der Waals surface area (Å²) in [7, 11) is 0.475. The largest absolute Gasteiger partial charge is 0.344 e. The molecule has 0 aliphatic rings. The molecule has 0 amide bonds. The molecule has 1 atom stereocenters. The summed E-state index contributed by atoms with van der Waals surface area (Å²) >= 11 is 0. The summed E-state index contributed by atoms with van der Waals surface area (Å²) in [6.45, 7) is 0. The molecule has 0 bridgehead atoms. The molecule has 20 rings (SSSR count). The Morgan fingerprint density at radius 2 is 0.526 bits per heavy atom. The average Bonchev–Trinajstić information content (AvgIpc) is 1.53. The fraction of sp³-hybridized carbons (Fsp3) is 0.0116. The van der Waals surface area contributed by atoms with E-state index in [1.165, 1.54) is 16.2 Å². The van der Waals surface area contributed by atoms with Gasteiger partial charge in [-0.2, -0.15) is 5.26 Å². The van der Waals surface area contributed by atoms with Crippen LogP contribution in [0.5, 0.6) is 0 Å². The number of aryl methyl sites for hydroxylation is 1. The minimum Gasteiger partial charge on any atom is -0.344 e. The number of hydrogen-bond donors (Lipinski definition) is 0. The highest BCUT2D eigenvalue weighted by Gasteiger charge is 2.29. The summed E-state index contributed by atoms with van der Waals surface area (Å²) in [6, 6.07) is 114. The van der Waals surface area contributed by atoms with Gasteiger partial charge in [0.25, 0.3) is 0 Å². The van der Waals surface area contributed by atoms with E-state index in [0.717, 1.165) is 143 Å². The van der Waals surface area contributed by atoms with Crippen molar-refractivity contribution in [1.82, 2.24) is 27.4 Å². The van der Waals surface area contributed by atoms with E-state index in [1.54, 1.807) is 12.1 Å². The SMILES string of the molecule is Cn1c2ccccc2c2c3c4c5c6ccccc6n(-c6ccccc6)c5ccc4n(-c4cc(-n5c6ccc7c(c8ccccc8n7-c7ccccc7)c6c6c7c8ccccc8n(-c8ccccc8)c7ccc65)cc(S(=O)c5ccc(C#N)cc5)c4)c3ccc21.c1ccccc1. The van der Waals surface area contributed by atoms with Gasteiger partial charge in [0.2, 0.25) is 0 Å². The molecule has 0 aliphatic heterocycles. The number of hydrogen-bond acceptors (Lipinski definition) is 2. The molecular formula is C86H55N7OS. The van der Waals surface area contributed by atoms with Crippen molar-refractivity contribution in [1.29, 1.82) is 5.26 Å². The van der Waals surface area contributed by atoms with Crippen LogP contribution in [-0.2, 0) is 17.8 Å². The van der Waals surface area contributed by atoms with Gasteiger partial charge in [-0.05, 0) is 152 Å². The molecule has 0 saturated carbocycles. The summed E-state index contributed by atoms with van der Waals surface area (Å²) in [5.41, 5.74) is 18.6. The Hall–Kier alpha value is -12.5. The van der Waals surface area contributed by atoms with E-state index in [9.17, 15) is 5.26 Å². The number of benzene rings is 14. The summed E-state index contributed by atoms with van der Waals surface area (Å²) in [4.78, 5) is 1.24. The first-order chi connectivity index (χ1) is 47.0. The third kappa shape index (κ3) is 8.02. The van der Waals surface area contributed by atoms with Gasteiger partial charge in [0, 0.05) is 121 Å². The minimum atomic E-state index is -1.70. The van der Waals surface area contributed by atoms with Gasteiger partial charge in [0.1, 0.15) is 0 Å². The van der Waals surface area contributed by atoms with Gasteiger partial charge < -0.3 is 27.4 Å². The van der Waals surface area contributed by atoms with Crippen molar-refractivity contribution in [3.05, 3.63) is 321 Å². The fourth-order valence-electron chi connectivity index (χ4n) is 15.6. The molecule has 0 radical (unpaired) electrons. The normalized spacial score (nSPS) is 12.3. The lowest BCUT2D eigenvalue weighted by Gasteiger charge is -2.16. The van der Waals surface area contributed by atoms with Crippen LogP contribution in [0.4, 0.5) is 0 Å². The summed E-state index contributed by atoms with van der Waals surface area (Å²) in [5.74, 6) is 0. The first-order valence-electron chi connectivity index (χ1n) is 32.0. The predicted octanol–water partition coefficient (Wildman–Crippen LogP) is 21.5. The lowest BCUT2D eigenvalue weighted by Crippen LogP contribution is -2.03. The molecule has 0 saturated heterocycles. The Bertz CT molecular complexity index is 6400. The van der Waals surface area contributed by atoms with Crippen LogP contribution in [0, 0.1) is 11.3 Å². The van der Waals surface area contributed by atoms with Crippen LogP contribution in [0.1, 0.15) is 5.56 Å². The van der Waals surface area contributed by atoms with Crippen molar-refractivity contribution in [2.45, 2.75) is 9.79 Å². The van der Waals surface area contributed by atoms with Crippen LogP contribution in [-0.4, -0.2) is 31.6 Å². The van der Waals surface area contributed by atoms with Crippen LogP contribution < -0.4 is 0 Å². The van der Waals surface area contributed by atoms with Crippen LogP contribution >= 0.6 is 0 Å². The Balaban J connectivity index is 0.00000101. The van der Waals surface area contributed by atoms with Crippen LogP contribution in [0.15, 0.2) is 325 Å². The highest BCUT2D eigenvalue weighted by molar-refractivity contribution is 7.85. The highest BCUT2D eigenvalue weighted by Crippen LogP contribution is 2.50. The molecule has 14 aromatic carbocycles. The van der Waals surface area contributed by atoms with E-state index in [0.29, 0.717) is 15.4 Å². The van der Waals surface area contributed by atoms with Crippen LogP contribution in [0.2, 0.25) is 0 Å². The number of nitriles is 1. The van der Waals surface area contributed by atoms with Crippen molar-refractivity contribution in [3.63, 3.8) is 0 Å². The molecule has 446 valence electrons. The van der Waals surface area contributed by atoms with E-state index in [4.69, 9.17) is 0 Å². The topological polar surface area (TPSA) is 70.4 Å². The zero-order chi connectivity index (χ0) is 63.0. The molecule has 20 aromatic rings. The third-order valence-electron chi connectivity index (χ3n) is 19.5. The molecule has 8 nitrogen and oxygen atoms in total. The van der Waals surface area contributed by atoms with Gasteiger partial charge in [-0.1, -0.05) is 164 Å². The highest BCUT2D eigenvalue weighted by atomic mass is 32.2. The van der Waals surface area contributed by atoms with Gasteiger partial charge in [0.05, 0.1) is 77.6 Å². The molecule has 9 heteroatoms. The summed E-state index contributed by atoms with van der Waals surface area (Å²) in [5, 5.41) is 23.9. The monoisotopic (exact) mass is 1230 g/mol. The quantitative estimate of drug-likeness (QED) is 0.160. The lowest BCUT2D eigenvalue weighted by atomic mass is 10.0. The molecule has 1 unspecified atom stereocenters. The summed E-state index contributed by atoms with van der Waals surface area (Å²) in [6.07, 6.45) is 0. The average molecular weight is 1230 g/mol. The maximum atomic E-state index is 15.8. The number of para-hydroxylation sites is 7. The zero-order valence-corrected chi connectivity index (χ0v) is 52.3. The first-order valence-corrected chi connectivity index (χ1v) is 33.2. The Labute approximate surface area is 547 Å². The molecule has 95 heavy (non-hydrogen) atoms. The molecule has 0 N–H and O–H groups in total. The third-order valence-corrected chi connectivity index (χ3v) is 20.8. The Morgan fingerprint density at radius 3 is 0.884 bits per heavy atom. The molecule has 0 aliphatic carbocycles. The van der Waals surface area contributed by atoms with E-state index >= 15 is 4.21 Å². The van der Waals surface area contributed by atoms with E-state index in [2.05, 4.69) is 295 Å². The molecule has 6 heterocycles. The van der Waals surface area contributed by atoms with Gasteiger partial charge in [-0.3, -0.25) is 0 Å². The minimum absolute atomic E-state index is 0.510. The molecular weight excluding hydrogens is 1180 g/mol.